The van der Waals surface area contributed by atoms with Gasteiger partial charge in [-0.1, -0.05) is 42.5 Å². The Kier molecular flexibility index (Phi) is 5.03. The Morgan fingerprint density at radius 3 is 2.67 bits per heavy atom. The number of amides is 1. The van der Waals surface area contributed by atoms with E-state index in [4.69, 9.17) is 0 Å². The number of nitrogens with one attached hydrogen (secondary N) is 1. The van der Waals surface area contributed by atoms with Crippen LogP contribution in [0.1, 0.15) is 40.4 Å². The van der Waals surface area contributed by atoms with Gasteiger partial charge in [-0.3, -0.25) is 9.48 Å². The van der Waals surface area contributed by atoms with Crippen molar-refractivity contribution in [3.05, 3.63) is 89.7 Å². The van der Waals surface area contributed by atoms with E-state index in [2.05, 4.69) is 10.4 Å². The fourth-order valence-corrected chi connectivity index (χ4v) is 3.65. The molecule has 1 aliphatic carbocycles. The summed E-state index contributed by atoms with van der Waals surface area (Å²) in [6, 6.07) is 19.4. The first-order valence-corrected chi connectivity index (χ1v) is 9.29. The van der Waals surface area contributed by atoms with E-state index in [0.29, 0.717) is 12.1 Å². The van der Waals surface area contributed by atoms with Gasteiger partial charge in [0, 0.05) is 18.0 Å². The van der Waals surface area contributed by atoms with Crippen LogP contribution in [-0.2, 0) is 6.54 Å². The van der Waals surface area contributed by atoms with Crippen LogP contribution in [-0.4, -0.2) is 26.9 Å². The van der Waals surface area contributed by atoms with Gasteiger partial charge in [0.05, 0.1) is 18.7 Å². The van der Waals surface area contributed by atoms with Crippen molar-refractivity contribution in [2.24, 2.45) is 5.92 Å². The highest BCUT2D eigenvalue weighted by molar-refractivity contribution is 5.94. The molecule has 3 aromatic rings. The van der Waals surface area contributed by atoms with Gasteiger partial charge in [-0.05, 0) is 48.1 Å². The first-order valence-electron chi connectivity index (χ1n) is 9.29. The van der Waals surface area contributed by atoms with Crippen molar-refractivity contribution < 1.29 is 9.90 Å². The monoisotopic (exact) mass is 361 g/mol. The molecule has 2 aromatic carbocycles. The highest BCUT2D eigenvalue weighted by Crippen LogP contribution is 2.38. The molecule has 4 rings (SSSR count). The van der Waals surface area contributed by atoms with Crippen molar-refractivity contribution >= 4 is 5.91 Å². The second kappa shape index (κ2) is 7.76. The fraction of sp³-hybridized carbons (Fsp3) is 0.273. The summed E-state index contributed by atoms with van der Waals surface area (Å²) in [5.41, 5.74) is 2.75. The van der Waals surface area contributed by atoms with Gasteiger partial charge in [-0.2, -0.15) is 5.10 Å². The summed E-state index contributed by atoms with van der Waals surface area (Å²) in [5, 5.41) is 17.1. The van der Waals surface area contributed by atoms with E-state index in [0.717, 1.165) is 24.0 Å². The van der Waals surface area contributed by atoms with Crippen LogP contribution >= 0.6 is 0 Å². The molecule has 0 saturated heterocycles. The number of carbonyl (C=O) groups excluding carboxylic acids is 1. The minimum Gasteiger partial charge on any atom is -0.393 e. The molecule has 1 heterocycles. The number of hydrogen-bond donors (Lipinski definition) is 2. The summed E-state index contributed by atoms with van der Waals surface area (Å²) in [6.07, 6.45) is 4.84. The number of aliphatic hydroxyl groups excluding tert-OH is 1. The number of nitrogens with zero attached hydrogens (tertiary/aromatic N) is 2. The molecular weight excluding hydrogens is 338 g/mol. The maximum Gasteiger partial charge on any atom is 0.251 e. The van der Waals surface area contributed by atoms with Gasteiger partial charge in [0.15, 0.2) is 0 Å². The van der Waals surface area contributed by atoms with Gasteiger partial charge in [0.1, 0.15) is 0 Å². The third kappa shape index (κ3) is 4.09. The number of hydrogen-bond acceptors (Lipinski definition) is 3. The SMILES string of the molecule is O=C(N[C@H](c1ccccc1)C1CC(O)C1)c1cccc(Cn2cccn2)c1. The van der Waals surface area contributed by atoms with Crippen LogP contribution in [0.25, 0.3) is 0 Å². The van der Waals surface area contributed by atoms with Gasteiger partial charge in [0.2, 0.25) is 0 Å². The molecule has 0 spiro atoms. The largest absolute Gasteiger partial charge is 0.393 e. The zero-order valence-corrected chi connectivity index (χ0v) is 15.0. The predicted molar refractivity (Wildman–Crippen MR) is 103 cm³/mol. The average molecular weight is 361 g/mol. The Balaban J connectivity index is 1.51. The lowest BCUT2D eigenvalue weighted by Gasteiger charge is -2.38. The van der Waals surface area contributed by atoms with Crippen molar-refractivity contribution in [2.75, 3.05) is 0 Å². The van der Waals surface area contributed by atoms with Gasteiger partial charge in [-0.15, -0.1) is 0 Å². The van der Waals surface area contributed by atoms with Crippen LogP contribution in [0.15, 0.2) is 73.1 Å². The van der Waals surface area contributed by atoms with Crippen LogP contribution in [0, 0.1) is 5.92 Å². The first-order chi connectivity index (χ1) is 13.2. The smallest absolute Gasteiger partial charge is 0.251 e. The molecule has 2 N–H and O–H groups in total. The van der Waals surface area contributed by atoms with Crippen molar-refractivity contribution in [3.63, 3.8) is 0 Å². The summed E-state index contributed by atoms with van der Waals surface area (Å²) in [4.78, 5) is 12.9. The second-order valence-electron chi connectivity index (χ2n) is 7.15. The molecule has 1 aromatic heterocycles. The second-order valence-corrected chi connectivity index (χ2v) is 7.15. The number of aliphatic hydroxyl groups is 1. The summed E-state index contributed by atoms with van der Waals surface area (Å²) in [5.74, 6) is 0.172. The normalized spacial score (nSPS) is 19.9. The number of benzene rings is 2. The molecule has 1 atom stereocenters. The van der Waals surface area contributed by atoms with Crippen molar-refractivity contribution in [3.8, 4) is 0 Å². The lowest BCUT2D eigenvalue weighted by Crippen LogP contribution is -2.41. The average Bonchev–Trinajstić information content (AvgIpc) is 3.17. The van der Waals surface area contributed by atoms with Crippen molar-refractivity contribution in [1.82, 2.24) is 15.1 Å². The lowest BCUT2D eigenvalue weighted by molar-refractivity contribution is 0.0235. The van der Waals surface area contributed by atoms with Crippen LogP contribution in [0.3, 0.4) is 0 Å². The Morgan fingerprint density at radius 1 is 1.15 bits per heavy atom. The van der Waals surface area contributed by atoms with Crippen molar-refractivity contribution in [1.29, 1.82) is 0 Å². The molecule has 1 fully saturated rings. The molecule has 0 radical (unpaired) electrons. The maximum atomic E-state index is 12.9. The van der Waals surface area contributed by atoms with Crippen LogP contribution in [0.2, 0.25) is 0 Å². The third-order valence-electron chi connectivity index (χ3n) is 5.16. The van der Waals surface area contributed by atoms with E-state index >= 15 is 0 Å². The Labute approximate surface area is 158 Å². The van der Waals surface area contributed by atoms with E-state index in [-0.39, 0.29) is 24.0 Å². The quantitative estimate of drug-likeness (QED) is 0.709. The number of carbonyl (C=O) groups is 1. The van der Waals surface area contributed by atoms with Gasteiger partial charge < -0.3 is 10.4 Å². The standard InChI is InChI=1S/C22H23N3O2/c26-20-13-19(14-20)21(17-7-2-1-3-8-17)24-22(27)18-9-4-6-16(12-18)15-25-11-5-10-23-25/h1-12,19-21,26H,13-15H2,(H,24,27)/t19?,20?,21-/m1/s1. The first kappa shape index (κ1) is 17.5. The Hall–Kier alpha value is -2.92. The van der Waals surface area contributed by atoms with E-state index in [1.807, 2.05) is 71.5 Å². The minimum absolute atomic E-state index is 0.0862. The summed E-state index contributed by atoms with van der Waals surface area (Å²) < 4.78 is 1.83. The van der Waals surface area contributed by atoms with Gasteiger partial charge >= 0.3 is 0 Å². The molecule has 138 valence electrons. The molecule has 5 heteroatoms. The zero-order chi connectivity index (χ0) is 18.6. The highest BCUT2D eigenvalue weighted by Gasteiger charge is 2.35. The number of aromatic nitrogens is 2. The summed E-state index contributed by atoms with van der Waals surface area (Å²) >= 11 is 0. The van der Waals surface area contributed by atoms with Gasteiger partial charge in [-0.25, -0.2) is 0 Å². The minimum atomic E-state index is -0.254. The molecule has 0 aliphatic heterocycles. The van der Waals surface area contributed by atoms with E-state index in [1.165, 1.54) is 0 Å². The fourth-order valence-electron chi connectivity index (χ4n) is 3.65. The predicted octanol–water partition coefficient (Wildman–Crippen LogP) is 3.17. The van der Waals surface area contributed by atoms with Crippen molar-refractivity contribution in [2.45, 2.75) is 31.5 Å². The van der Waals surface area contributed by atoms with E-state index in [1.54, 1.807) is 6.20 Å². The van der Waals surface area contributed by atoms with E-state index in [9.17, 15) is 9.90 Å². The van der Waals surface area contributed by atoms with Crippen LogP contribution in [0.5, 0.6) is 0 Å². The van der Waals surface area contributed by atoms with Gasteiger partial charge in [0.25, 0.3) is 5.91 Å². The third-order valence-corrected chi connectivity index (χ3v) is 5.16. The molecule has 5 nitrogen and oxygen atoms in total. The van der Waals surface area contributed by atoms with Crippen LogP contribution < -0.4 is 5.32 Å². The molecule has 27 heavy (non-hydrogen) atoms. The Morgan fingerprint density at radius 2 is 1.96 bits per heavy atom. The molecule has 1 saturated carbocycles. The zero-order valence-electron chi connectivity index (χ0n) is 15.0. The Bertz CT molecular complexity index is 887. The molecular formula is C22H23N3O2. The van der Waals surface area contributed by atoms with Crippen LogP contribution in [0.4, 0.5) is 0 Å². The summed E-state index contributed by atoms with van der Waals surface area (Å²) in [7, 11) is 0. The summed E-state index contributed by atoms with van der Waals surface area (Å²) in [6.45, 7) is 0.630. The maximum absolute atomic E-state index is 12.9. The number of rotatable bonds is 6. The molecule has 0 unspecified atom stereocenters. The highest BCUT2D eigenvalue weighted by atomic mass is 16.3. The molecule has 0 bridgehead atoms. The van der Waals surface area contributed by atoms with E-state index < -0.39 is 0 Å². The molecule has 1 amide bonds. The lowest BCUT2D eigenvalue weighted by atomic mass is 9.75. The topological polar surface area (TPSA) is 67.2 Å². The molecule has 1 aliphatic rings.